The second-order valence-electron chi connectivity index (χ2n) is 3.95. The van der Waals surface area contributed by atoms with E-state index in [1.54, 1.807) is 0 Å². The van der Waals surface area contributed by atoms with Crippen molar-refractivity contribution >= 4 is 17.8 Å². The number of nitrogens with two attached hydrogens (primary N) is 2. The van der Waals surface area contributed by atoms with Gasteiger partial charge in [0.15, 0.2) is 0 Å². The predicted octanol–water partition coefficient (Wildman–Crippen LogP) is 0.221. The topological polar surface area (TPSA) is 112 Å². The van der Waals surface area contributed by atoms with Crippen molar-refractivity contribution in [2.24, 2.45) is 0 Å². The number of nitrogens with one attached hydrogen (secondary N) is 1. The summed E-state index contributed by atoms with van der Waals surface area (Å²) in [5.41, 5.74) is 10.6. The summed E-state index contributed by atoms with van der Waals surface area (Å²) in [5.74, 6) is 0.478. The molecule has 0 aromatic carbocycles. The van der Waals surface area contributed by atoms with Gasteiger partial charge in [-0.15, -0.1) is 0 Å². The third-order valence-electron chi connectivity index (χ3n) is 1.41. The van der Waals surface area contributed by atoms with Gasteiger partial charge in [0.2, 0.25) is 17.8 Å². The molecule has 0 unspecified atom stereocenters. The lowest BCUT2D eigenvalue weighted by Gasteiger charge is -2.19. The Hall–Kier alpha value is -1.63. The molecule has 1 aromatic rings. The Morgan fingerprint density at radius 2 is 1.67 bits per heavy atom. The fourth-order valence-corrected chi connectivity index (χ4v) is 0.806. The van der Waals surface area contributed by atoms with E-state index >= 15 is 0 Å². The molecular formula is C8H16N6O. The first-order valence-electron chi connectivity index (χ1n) is 4.52. The van der Waals surface area contributed by atoms with Crippen LogP contribution in [0.4, 0.5) is 17.8 Å². The number of hydrogen-bond acceptors (Lipinski definition) is 7. The van der Waals surface area contributed by atoms with Gasteiger partial charge in [-0.2, -0.15) is 15.0 Å². The first-order valence-corrected chi connectivity index (χ1v) is 4.52. The van der Waals surface area contributed by atoms with Crippen LogP contribution in [0.15, 0.2) is 0 Å². The van der Waals surface area contributed by atoms with Gasteiger partial charge in [0.1, 0.15) is 6.73 Å². The largest absolute Gasteiger partial charge is 0.368 e. The third kappa shape index (κ3) is 4.41. The Morgan fingerprint density at radius 3 is 2.13 bits per heavy atom. The van der Waals surface area contributed by atoms with Gasteiger partial charge in [-0.3, -0.25) is 0 Å². The summed E-state index contributed by atoms with van der Waals surface area (Å²) >= 11 is 0. The number of rotatable bonds is 3. The van der Waals surface area contributed by atoms with Crippen LogP contribution in [-0.2, 0) is 4.74 Å². The number of anilines is 3. The van der Waals surface area contributed by atoms with Gasteiger partial charge < -0.3 is 21.5 Å². The Kier molecular flexibility index (Phi) is 3.25. The van der Waals surface area contributed by atoms with Crippen LogP contribution in [0.5, 0.6) is 0 Å². The lowest BCUT2D eigenvalue weighted by Crippen LogP contribution is -2.23. The summed E-state index contributed by atoms with van der Waals surface area (Å²) in [7, 11) is 0. The molecule has 0 bridgehead atoms. The molecule has 0 amide bonds. The molecule has 1 heterocycles. The van der Waals surface area contributed by atoms with E-state index in [4.69, 9.17) is 16.2 Å². The number of ether oxygens (including phenoxy) is 1. The van der Waals surface area contributed by atoms with Crippen molar-refractivity contribution < 1.29 is 4.74 Å². The van der Waals surface area contributed by atoms with Crippen molar-refractivity contribution in [3.63, 3.8) is 0 Å². The van der Waals surface area contributed by atoms with E-state index in [2.05, 4.69) is 20.3 Å². The van der Waals surface area contributed by atoms with Crippen LogP contribution in [0, 0.1) is 0 Å². The van der Waals surface area contributed by atoms with E-state index in [9.17, 15) is 0 Å². The van der Waals surface area contributed by atoms with E-state index in [0.29, 0.717) is 5.95 Å². The first-order chi connectivity index (χ1) is 6.87. The molecular weight excluding hydrogens is 196 g/mol. The second-order valence-corrected chi connectivity index (χ2v) is 3.95. The van der Waals surface area contributed by atoms with Gasteiger partial charge in [0.05, 0.1) is 5.60 Å². The zero-order valence-corrected chi connectivity index (χ0v) is 9.11. The van der Waals surface area contributed by atoms with E-state index in [1.165, 1.54) is 0 Å². The molecule has 0 aliphatic heterocycles. The summed E-state index contributed by atoms with van der Waals surface area (Å²) < 4.78 is 5.42. The predicted molar refractivity (Wildman–Crippen MR) is 58.0 cm³/mol. The molecule has 0 radical (unpaired) electrons. The van der Waals surface area contributed by atoms with Crippen molar-refractivity contribution in [1.82, 2.24) is 15.0 Å². The molecule has 1 aromatic heterocycles. The number of nitrogens with zero attached hydrogens (tertiary/aromatic N) is 3. The van der Waals surface area contributed by atoms with Crippen LogP contribution in [0.3, 0.4) is 0 Å². The fraction of sp³-hybridized carbons (Fsp3) is 0.625. The van der Waals surface area contributed by atoms with Gasteiger partial charge in [0.25, 0.3) is 0 Å². The lowest BCUT2D eigenvalue weighted by atomic mass is 10.2. The number of hydrogen-bond donors (Lipinski definition) is 3. The molecule has 0 aliphatic carbocycles. The first kappa shape index (κ1) is 11.4. The molecule has 5 N–H and O–H groups in total. The standard InChI is InChI=1S/C8H16N6O/c1-8(2,3)15-4-11-7-13-5(9)12-6(10)14-7/h4H2,1-3H3,(H5,9,10,11,12,13,14). The summed E-state index contributed by atoms with van der Waals surface area (Å²) in [4.78, 5) is 11.3. The average molecular weight is 212 g/mol. The quantitative estimate of drug-likeness (QED) is 0.614. The molecule has 0 saturated carbocycles. The second kappa shape index (κ2) is 4.26. The normalized spacial score (nSPS) is 11.4. The molecule has 0 atom stereocenters. The summed E-state index contributed by atoms with van der Waals surface area (Å²) in [6.07, 6.45) is 0. The zero-order valence-electron chi connectivity index (χ0n) is 9.11. The Labute approximate surface area is 88.3 Å². The van der Waals surface area contributed by atoms with Gasteiger partial charge in [0, 0.05) is 0 Å². The van der Waals surface area contributed by atoms with Gasteiger partial charge >= 0.3 is 0 Å². The highest BCUT2D eigenvalue weighted by Crippen LogP contribution is 2.07. The van der Waals surface area contributed by atoms with Crippen LogP contribution in [0.1, 0.15) is 20.8 Å². The highest BCUT2D eigenvalue weighted by atomic mass is 16.5. The van der Waals surface area contributed by atoms with E-state index < -0.39 is 0 Å². The SMILES string of the molecule is CC(C)(C)OCNc1nc(N)nc(N)n1. The minimum atomic E-state index is -0.225. The average Bonchev–Trinajstić information content (AvgIpc) is 1.99. The van der Waals surface area contributed by atoms with Crippen LogP contribution >= 0.6 is 0 Å². The lowest BCUT2D eigenvalue weighted by molar-refractivity contribution is 0.00821. The molecule has 0 aliphatic rings. The van der Waals surface area contributed by atoms with Gasteiger partial charge in [-0.25, -0.2) is 0 Å². The van der Waals surface area contributed by atoms with Gasteiger partial charge in [-0.05, 0) is 20.8 Å². The number of aromatic nitrogens is 3. The van der Waals surface area contributed by atoms with E-state index in [1.807, 2.05) is 20.8 Å². The molecule has 1 rings (SSSR count). The Balaban J connectivity index is 2.51. The summed E-state index contributed by atoms with van der Waals surface area (Å²) in [5, 5.41) is 2.84. The smallest absolute Gasteiger partial charge is 0.231 e. The van der Waals surface area contributed by atoms with Crippen LogP contribution in [0.25, 0.3) is 0 Å². The van der Waals surface area contributed by atoms with Crippen LogP contribution < -0.4 is 16.8 Å². The van der Waals surface area contributed by atoms with Crippen LogP contribution in [-0.4, -0.2) is 27.3 Å². The summed E-state index contributed by atoms with van der Waals surface area (Å²) in [6.45, 7) is 6.13. The van der Waals surface area contributed by atoms with Crippen molar-refractivity contribution in [3.05, 3.63) is 0 Å². The van der Waals surface area contributed by atoms with Gasteiger partial charge in [-0.1, -0.05) is 0 Å². The van der Waals surface area contributed by atoms with Crippen molar-refractivity contribution in [1.29, 1.82) is 0 Å². The maximum atomic E-state index is 5.42. The maximum absolute atomic E-state index is 5.42. The Bertz CT molecular complexity index is 314. The molecule has 7 heteroatoms. The van der Waals surface area contributed by atoms with Crippen LogP contribution in [0.2, 0.25) is 0 Å². The summed E-state index contributed by atoms with van der Waals surface area (Å²) in [6, 6.07) is 0. The minimum absolute atomic E-state index is 0.0840. The van der Waals surface area contributed by atoms with E-state index in [-0.39, 0.29) is 24.2 Å². The maximum Gasteiger partial charge on any atom is 0.231 e. The molecule has 84 valence electrons. The monoisotopic (exact) mass is 212 g/mol. The molecule has 7 nitrogen and oxygen atoms in total. The minimum Gasteiger partial charge on any atom is -0.368 e. The molecule has 0 saturated heterocycles. The Morgan fingerprint density at radius 1 is 1.13 bits per heavy atom. The van der Waals surface area contributed by atoms with E-state index in [0.717, 1.165) is 0 Å². The highest BCUT2D eigenvalue weighted by Gasteiger charge is 2.09. The molecule has 0 spiro atoms. The number of nitrogen functional groups attached to an aromatic ring is 2. The van der Waals surface area contributed by atoms with Crippen molar-refractivity contribution in [2.45, 2.75) is 26.4 Å². The highest BCUT2D eigenvalue weighted by molar-refractivity contribution is 5.36. The third-order valence-corrected chi connectivity index (χ3v) is 1.41. The molecule has 0 fully saturated rings. The fourth-order valence-electron chi connectivity index (χ4n) is 0.806. The molecule has 15 heavy (non-hydrogen) atoms. The zero-order chi connectivity index (χ0) is 11.5. The van der Waals surface area contributed by atoms with Crippen molar-refractivity contribution in [3.8, 4) is 0 Å². The van der Waals surface area contributed by atoms with Crippen molar-refractivity contribution in [2.75, 3.05) is 23.5 Å².